The van der Waals surface area contributed by atoms with Crippen molar-refractivity contribution in [2.75, 3.05) is 11.9 Å². The lowest BCUT2D eigenvalue weighted by Crippen LogP contribution is -2.19. The highest BCUT2D eigenvalue weighted by Crippen LogP contribution is 2.41. The van der Waals surface area contributed by atoms with Crippen molar-refractivity contribution >= 4 is 17.3 Å². The minimum absolute atomic E-state index is 0.000116. The van der Waals surface area contributed by atoms with Gasteiger partial charge in [-0.3, -0.25) is 0 Å². The first-order valence-electron chi connectivity index (χ1n) is 4.24. The summed E-state index contributed by atoms with van der Waals surface area (Å²) in [7, 11) is 0. The summed E-state index contributed by atoms with van der Waals surface area (Å²) in [5.74, 6) is -0.283. The molecule has 0 bridgehead atoms. The second-order valence-electron chi connectivity index (χ2n) is 4.05. The number of nitrogens with one attached hydrogen (secondary N) is 1. The zero-order valence-corrected chi connectivity index (χ0v) is 8.37. The van der Waals surface area contributed by atoms with Gasteiger partial charge in [-0.15, -0.1) is 0 Å². The molecule has 2 rings (SSSR count). The van der Waals surface area contributed by atoms with Gasteiger partial charge in [-0.25, -0.2) is 4.39 Å². The monoisotopic (exact) mass is 199 g/mol. The second-order valence-corrected chi connectivity index (χ2v) is 4.45. The highest BCUT2D eigenvalue weighted by molar-refractivity contribution is 6.32. The van der Waals surface area contributed by atoms with E-state index in [1.54, 1.807) is 0 Å². The highest BCUT2D eigenvalue weighted by atomic mass is 35.5. The molecule has 0 aromatic heterocycles. The van der Waals surface area contributed by atoms with Crippen LogP contribution in [0.4, 0.5) is 10.1 Å². The van der Waals surface area contributed by atoms with Gasteiger partial charge >= 0.3 is 0 Å². The third-order valence-corrected chi connectivity index (χ3v) is 2.75. The van der Waals surface area contributed by atoms with Crippen LogP contribution in [0.25, 0.3) is 0 Å². The molecule has 1 aromatic rings. The van der Waals surface area contributed by atoms with Crippen LogP contribution in [-0.4, -0.2) is 6.54 Å². The molecule has 1 aromatic carbocycles. The SMILES string of the molecule is CC1(C)CNc2cc(F)cc(Cl)c21. The molecule has 1 nitrogen and oxygen atoms in total. The average Bonchev–Trinajstić information content (AvgIpc) is 2.26. The Balaban J connectivity index is 2.65. The van der Waals surface area contributed by atoms with E-state index in [4.69, 9.17) is 11.6 Å². The molecule has 0 amide bonds. The quantitative estimate of drug-likeness (QED) is 0.677. The van der Waals surface area contributed by atoms with Crippen molar-refractivity contribution in [3.63, 3.8) is 0 Å². The largest absolute Gasteiger partial charge is 0.384 e. The van der Waals surface area contributed by atoms with Gasteiger partial charge in [0.15, 0.2) is 0 Å². The van der Waals surface area contributed by atoms with Crippen LogP contribution in [0.15, 0.2) is 12.1 Å². The maximum Gasteiger partial charge on any atom is 0.126 e. The Labute approximate surface area is 81.9 Å². The lowest BCUT2D eigenvalue weighted by molar-refractivity contribution is 0.584. The Morgan fingerprint density at radius 2 is 2.15 bits per heavy atom. The van der Waals surface area contributed by atoms with Gasteiger partial charge in [-0.1, -0.05) is 25.4 Å². The molecule has 1 N–H and O–H groups in total. The molecule has 0 radical (unpaired) electrons. The molecule has 1 aliphatic rings. The van der Waals surface area contributed by atoms with Crippen molar-refractivity contribution in [1.82, 2.24) is 0 Å². The number of benzene rings is 1. The molecule has 0 aliphatic carbocycles. The van der Waals surface area contributed by atoms with Gasteiger partial charge in [-0.2, -0.15) is 0 Å². The van der Waals surface area contributed by atoms with Crippen molar-refractivity contribution < 1.29 is 4.39 Å². The molecular weight excluding hydrogens is 189 g/mol. The predicted molar refractivity (Wildman–Crippen MR) is 52.9 cm³/mol. The normalized spacial score (nSPS) is 18.2. The maximum absolute atomic E-state index is 13.0. The molecule has 0 saturated heterocycles. The third-order valence-electron chi connectivity index (χ3n) is 2.45. The number of halogens is 2. The Hall–Kier alpha value is -0.760. The fourth-order valence-electron chi connectivity index (χ4n) is 1.81. The van der Waals surface area contributed by atoms with Crippen molar-refractivity contribution in [1.29, 1.82) is 0 Å². The summed E-state index contributed by atoms with van der Waals surface area (Å²) < 4.78 is 13.0. The Morgan fingerprint density at radius 1 is 1.46 bits per heavy atom. The zero-order chi connectivity index (χ0) is 9.64. The lowest BCUT2D eigenvalue weighted by Gasteiger charge is -2.18. The first kappa shape index (κ1) is 8.82. The number of hydrogen-bond acceptors (Lipinski definition) is 1. The van der Waals surface area contributed by atoms with Gasteiger partial charge in [-0.05, 0) is 12.1 Å². The molecule has 0 saturated carbocycles. The summed E-state index contributed by atoms with van der Waals surface area (Å²) in [6.07, 6.45) is 0. The fourth-order valence-corrected chi connectivity index (χ4v) is 2.27. The number of rotatable bonds is 0. The molecule has 13 heavy (non-hydrogen) atoms. The Morgan fingerprint density at radius 3 is 2.85 bits per heavy atom. The van der Waals surface area contributed by atoms with E-state index in [0.717, 1.165) is 17.8 Å². The molecule has 0 fully saturated rings. The van der Waals surface area contributed by atoms with E-state index in [0.29, 0.717) is 5.02 Å². The molecule has 0 unspecified atom stereocenters. The fraction of sp³-hybridized carbons (Fsp3) is 0.400. The van der Waals surface area contributed by atoms with Crippen molar-refractivity contribution in [2.45, 2.75) is 19.3 Å². The molecule has 0 atom stereocenters. The zero-order valence-electron chi connectivity index (χ0n) is 7.62. The predicted octanol–water partition coefficient (Wildman–Crippen LogP) is 3.18. The van der Waals surface area contributed by atoms with Crippen LogP contribution in [-0.2, 0) is 5.41 Å². The van der Waals surface area contributed by atoms with E-state index >= 15 is 0 Å². The van der Waals surface area contributed by atoms with Crippen LogP contribution < -0.4 is 5.32 Å². The summed E-state index contributed by atoms with van der Waals surface area (Å²) in [6.45, 7) is 5.00. The van der Waals surface area contributed by atoms with E-state index < -0.39 is 0 Å². The number of anilines is 1. The Bertz CT molecular complexity index is 360. The van der Waals surface area contributed by atoms with Gasteiger partial charge in [0.25, 0.3) is 0 Å². The second kappa shape index (κ2) is 2.61. The minimum Gasteiger partial charge on any atom is -0.384 e. The van der Waals surface area contributed by atoms with E-state index in [1.807, 2.05) is 0 Å². The topological polar surface area (TPSA) is 12.0 Å². The van der Waals surface area contributed by atoms with E-state index in [2.05, 4.69) is 19.2 Å². The van der Waals surface area contributed by atoms with Gasteiger partial charge in [0.1, 0.15) is 5.82 Å². The van der Waals surface area contributed by atoms with Crippen LogP contribution in [0.2, 0.25) is 5.02 Å². The van der Waals surface area contributed by atoms with Gasteiger partial charge in [0.2, 0.25) is 0 Å². The first-order valence-corrected chi connectivity index (χ1v) is 4.62. The molecular formula is C10H11ClFN. The maximum atomic E-state index is 13.0. The highest BCUT2D eigenvalue weighted by Gasteiger charge is 2.32. The van der Waals surface area contributed by atoms with E-state index in [9.17, 15) is 4.39 Å². The van der Waals surface area contributed by atoms with Crippen molar-refractivity contribution in [2.24, 2.45) is 0 Å². The molecule has 3 heteroatoms. The number of hydrogen-bond donors (Lipinski definition) is 1. The van der Waals surface area contributed by atoms with Gasteiger partial charge in [0, 0.05) is 28.2 Å². The van der Waals surface area contributed by atoms with E-state index in [-0.39, 0.29) is 11.2 Å². The van der Waals surface area contributed by atoms with Crippen LogP contribution in [0.3, 0.4) is 0 Å². The summed E-state index contributed by atoms with van der Waals surface area (Å²) >= 11 is 5.98. The van der Waals surface area contributed by atoms with Crippen LogP contribution in [0, 0.1) is 5.82 Å². The van der Waals surface area contributed by atoms with Crippen LogP contribution in [0.5, 0.6) is 0 Å². The summed E-state index contributed by atoms with van der Waals surface area (Å²) in [4.78, 5) is 0. The molecule has 1 aliphatic heterocycles. The number of fused-ring (bicyclic) bond motifs is 1. The van der Waals surface area contributed by atoms with Gasteiger partial charge in [0.05, 0.1) is 0 Å². The van der Waals surface area contributed by atoms with Crippen LogP contribution >= 0.6 is 11.6 Å². The van der Waals surface area contributed by atoms with E-state index in [1.165, 1.54) is 12.1 Å². The summed E-state index contributed by atoms with van der Waals surface area (Å²) in [5, 5.41) is 3.67. The minimum atomic E-state index is -0.283. The molecule has 70 valence electrons. The van der Waals surface area contributed by atoms with Crippen molar-refractivity contribution in [3.05, 3.63) is 28.5 Å². The third kappa shape index (κ3) is 1.29. The molecule has 0 spiro atoms. The standard InChI is InChI=1S/C10H11ClFN/c1-10(2)5-13-8-4-6(12)3-7(11)9(8)10/h3-4,13H,5H2,1-2H3. The average molecular weight is 200 g/mol. The Kier molecular flexibility index (Phi) is 1.77. The first-order chi connectivity index (χ1) is 6.00. The summed E-state index contributed by atoms with van der Waals surface area (Å²) in [6, 6.07) is 2.87. The van der Waals surface area contributed by atoms with Gasteiger partial charge < -0.3 is 5.32 Å². The smallest absolute Gasteiger partial charge is 0.126 e. The lowest BCUT2D eigenvalue weighted by atomic mass is 9.87. The molecule has 1 heterocycles. The summed E-state index contributed by atoms with van der Waals surface area (Å²) in [5.41, 5.74) is 1.85. The van der Waals surface area contributed by atoms with Crippen LogP contribution in [0.1, 0.15) is 19.4 Å². The van der Waals surface area contributed by atoms with Crippen molar-refractivity contribution in [3.8, 4) is 0 Å².